The van der Waals surface area contributed by atoms with Gasteiger partial charge >= 0.3 is 6.09 Å². The van der Waals surface area contributed by atoms with E-state index in [0.717, 1.165) is 25.7 Å². The van der Waals surface area contributed by atoms with Crippen LogP contribution >= 0.6 is 0 Å². The van der Waals surface area contributed by atoms with Gasteiger partial charge < -0.3 is 15.8 Å². The highest BCUT2D eigenvalue weighted by Crippen LogP contribution is 2.34. The first-order valence-electron chi connectivity index (χ1n) is 6.43. The van der Waals surface area contributed by atoms with E-state index in [2.05, 4.69) is 12.2 Å². The van der Waals surface area contributed by atoms with Crippen molar-refractivity contribution in [1.82, 2.24) is 5.32 Å². The van der Waals surface area contributed by atoms with Gasteiger partial charge in [-0.25, -0.2) is 4.79 Å². The minimum Gasteiger partial charge on any atom is -0.444 e. The van der Waals surface area contributed by atoms with E-state index in [4.69, 9.17) is 10.5 Å². The zero-order chi connectivity index (χ0) is 13.1. The van der Waals surface area contributed by atoms with Crippen LogP contribution in [0.2, 0.25) is 0 Å². The summed E-state index contributed by atoms with van der Waals surface area (Å²) < 4.78 is 5.22. The molecule has 4 heteroatoms. The number of nitrogens with two attached hydrogens (primary N) is 1. The maximum atomic E-state index is 11.6. The average Bonchev–Trinajstić information content (AvgIpc) is 2.12. The smallest absolute Gasteiger partial charge is 0.407 e. The maximum Gasteiger partial charge on any atom is 0.407 e. The summed E-state index contributed by atoms with van der Waals surface area (Å²) in [5, 5.41) is 2.85. The molecule has 3 N–H and O–H groups in total. The lowest BCUT2D eigenvalue weighted by atomic mass is 9.74. The van der Waals surface area contributed by atoms with Crippen LogP contribution in [0.3, 0.4) is 0 Å². The van der Waals surface area contributed by atoms with Gasteiger partial charge in [0.05, 0.1) is 0 Å². The molecular formula is C13H26N2O2. The molecule has 0 heterocycles. The van der Waals surface area contributed by atoms with E-state index >= 15 is 0 Å². The monoisotopic (exact) mass is 242 g/mol. The lowest BCUT2D eigenvalue weighted by Crippen LogP contribution is -2.43. The molecule has 17 heavy (non-hydrogen) atoms. The van der Waals surface area contributed by atoms with Gasteiger partial charge in [-0.1, -0.05) is 13.3 Å². The zero-order valence-electron chi connectivity index (χ0n) is 11.5. The van der Waals surface area contributed by atoms with Crippen molar-refractivity contribution in [2.45, 2.75) is 65.0 Å². The molecule has 1 rings (SSSR count). The van der Waals surface area contributed by atoms with Gasteiger partial charge in [0, 0.05) is 12.6 Å². The van der Waals surface area contributed by atoms with Crippen molar-refractivity contribution < 1.29 is 9.53 Å². The molecular weight excluding hydrogens is 216 g/mol. The number of amides is 1. The summed E-state index contributed by atoms with van der Waals surface area (Å²) in [4.78, 5) is 11.6. The Hall–Kier alpha value is -0.770. The fraction of sp³-hybridized carbons (Fsp3) is 0.923. The normalized spacial score (nSPS) is 29.8. The first kappa shape index (κ1) is 14.3. The van der Waals surface area contributed by atoms with Crippen LogP contribution in [-0.4, -0.2) is 24.3 Å². The highest BCUT2D eigenvalue weighted by Gasteiger charge is 2.31. The highest BCUT2D eigenvalue weighted by atomic mass is 16.6. The van der Waals surface area contributed by atoms with Crippen LogP contribution in [0.1, 0.15) is 53.4 Å². The van der Waals surface area contributed by atoms with Crippen molar-refractivity contribution >= 4 is 6.09 Å². The molecule has 1 saturated carbocycles. The SMILES string of the molecule is CC1(CNC(=O)OC(C)(C)C)CCCC(N)C1. The maximum absolute atomic E-state index is 11.6. The quantitative estimate of drug-likeness (QED) is 0.781. The molecule has 100 valence electrons. The Morgan fingerprint density at radius 3 is 2.71 bits per heavy atom. The molecule has 0 bridgehead atoms. The van der Waals surface area contributed by atoms with Crippen molar-refractivity contribution in [1.29, 1.82) is 0 Å². The van der Waals surface area contributed by atoms with Gasteiger partial charge in [0.25, 0.3) is 0 Å². The van der Waals surface area contributed by atoms with Crippen molar-refractivity contribution in [2.75, 3.05) is 6.54 Å². The number of hydrogen-bond acceptors (Lipinski definition) is 3. The standard InChI is InChI=1S/C13H26N2O2/c1-12(2,3)17-11(16)15-9-13(4)7-5-6-10(14)8-13/h10H,5-9,14H2,1-4H3,(H,15,16). The molecule has 0 spiro atoms. The molecule has 1 aliphatic rings. The Kier molecular flexibility index (Phi) is 4.42. The first-order chi connectivity index (χ1) is 7.70. The summed E-state index contributed by atoms with van der Waals surface area (Å²) in [6.45, 7) is 8.43. The van der Waals surface area contributed by atoms with Crippen LogP contribution in [0.4, 0.5) is 4.79 Å². The van der Waals surface area contributed by atoms with E-state index < -0.39 is 5.60 Å². The summed E-state index contributed by atoms with van der Waals surface area (Å²) in [5.41, 5.74) is 5.66. The Balaban J connectivity index is 2.36. The summed E-state index contributed by atoms with van der Waals surface area (Å²) in [6, 6.07) is 0.272. The van der Waals surface area contributed by atoms with Gasteiger partial charge in [-0.05, 0) is 45.4 Å². The van der Waals surface area contributed by atoms with Gasteiger partial charge in [-0.3, -0.25) is 0 Å². The van der Waals surface area contributed by atoms with Crippen LogP contribution in [-0.2, 0) is 4.74 Å². The lowest BCUT2D eigenvalue weighted by molar-refractivity contribution is 0.0487. The predicted molar refractivity (Wildman–Crippen MR) is 68.8 cm³/mol. The van der Waals surface area contributed by atoms with E-state index in [1.54, 1.807) is 0 Å². The minimum absolute atomic E-state index is 0.120. The predicted octanol–water partition coefficient (Wildman–Crippen LogP) is 2.42. The summed E-state index contributed by atoms with van der Waals surface area (Å²) >= 11 is 0. The van der Waals surface area contributed by atoms with E-state index in [-0.39, 0.29) is 17.6 Å². The molecule has 4 nitrogen and oxygen atoms in total. The molecule has 2 atom stereocenters. The largest absolute Gasteiger partial charge is 0.444 e. The van der Waals surface area contributed by atoms with Crippen molar-refractivity contribution in [3.8, 4) is 0 Å². The first-order valence-corrected chi connectivity index (χ1v) is 6.43. The molecule has 1 amide bonds. The number of alkyl carbamates (subject to hydrolysis) is 1. The van der Waals surface area contributed by atoms with Gasteiger partial charge in [-0.2, -0.15) is 0 Å². The van der Waals surface area contributed by atoms with Crippen LogP contribution in [0.25, 0.3) is 0 Å². The third-order valence-electron chi connectivity index (χ3n) is 3.17. The average molecular weight is 242 g/mol. The molecule has 1 fully saturated rings. The van der Waals surface area contributed by atoms with E-state index in [9.17, 15) is 4.79 Å². The molecule has 0 aliphatic heterocycles. The van der Waals surface area contributed by atoms with E-state index in [0.29, 0.717) is 6.54 Å². The second-order valence-electron chi connectivity index (χ2n) is 6.52. The molecule has 1 aliphatic carbocycles. The zero-order valence-corrected chi connectivity index (χ0v) is 11.5. The molecule has 0 aromatic heterocycles. The van der Waals surface area contributed by atoms with Gasteiger partial charge in [0.2, 0.25) is 0 Å². The number of carbonyl (C=O) groups excluding carboxylic acids is 1. The Labute approximate surface area is 104 Å². The summed E-state index contributed by atoms with van der Waals surface area (Å²) in [7, 11) is 0. The Morgan fingerprint density at radius 2 is 2.18 bits per heavy atom. The Morgan fingerprint density at radius 1 is 1.53 bits per heavy atom. The van der Waals surface area contributed by atoms with Gasteiger partial charge in [-0.15, -0.1) is 0 Å². The second kappa shape index (κ2) is 5.25. The van der Waals surface area contributed by atoms with Crippen LogP contribution < -0.4 is 11.1 Å². The molecule has 0 saturated heterocycles. The van der Waals surface area contributed by atoms with Crippen molar-refractivity contribution in [3.05, 3.63) is 0 Å². The fourth-order valence-electron chi connectivity index (χ4n) is 2.39. The third-order valence-corrected chi connectivity index (χ3v) is 3.17. The van der Waals surface area contributed by atoms with Crippen LogP contribution in [0, 0.1) is 5.41 Å². The topological polar surface area (TPSA) is 64.3 Å². The van der Waals surface area contributed by atoms with Crippen molar-refractivity contribution in [2.24, 2.45) is 11.1 Å². The number of nitrogens with one attached hydrogen (secondary N) is 1. The third kappa shape index (κ3) is 5.39. The van der Waals surface area contributed by atoms with Crippen LogP contribution in [0.5, 0.6) is 0 Å². The summed E-state index contributed by atoms with van der Waals surface area (Å²) in [5.74, 6) is 0. The molecule has 0 aromatic rings. The minimum atomic E-state index is -0.437. The van der Waals surface area contributed by atoms with Gasteiger partial charge in [0.1, 0.15) is 5.60 Å². The number of ether oxygens (including phenoxy) is 1. The van der Waals surface area contributed by atoms with E-state index in [1.165, 1.54) is 0 Å². The molecule has 0 aromatic carbocycles. The fourth-order valence-corrected chi connectivity index (χ4v) is 2.39. The van der Waals surface area contributed by atoms with Gasteiger partial charge in [0.15, 0.2) is 0 Å². The molecule has 0 radical (unpaired) electrons. The number of rotatable bonds is 2. The second-order valence-corrected chi connectivity index (χ2v) is 6.52. The molecule has 2 unspecified atom stereocenters. The highest BCUT2D eigenvalue weighted by molar-refractivity contribution is 5.67. The van der Waals surface area contributed by atoms with E-state index in [1.807, 2.05) is 20.8 Å². The summed E-state index contributed by atoms with van der Waals surface area (Å²) in [6.07, 6.45) is 4.01. The number of hydrogen-bond donors (Lipinski definition) is 2. The lowest BCUT2D eigenvalue weighted by Gasteiger charge is -2.37. The number of carbonyl (C=O) groups is 1. The van der Waals surface area contributed by atoms with Crippen molar-refractivity contribution in [3.63, 3.8) is 0 Å². The van der Waals surface area contributed by atoms with Crippen LogP contribution in [0.15, 0.2) is 0 Å². The Bertz CT molecular complexity index is 273.